The number of hydrogen-bond acceptors (Lipinski definition) is 4. The minimum atomic E-state index is -4.60. The lowest BCUT2D eigenvalue weighted by molar-refractivity contribution is -0.274. The lowest BCUT2D eigenvalue weighted by Gasteiger charge is -2.44. The molecule has 8 heteroatoms. The van der Waals surface area contributed by atoms with Gasteiger partial charge in [0, 0.05) is 40.4 Å². The normalized spacial score (nSPS) is 16.0. The monoisotopic (exact) mass is 604 g/mol. The van der Waals surface area contributed by atoms with E-state index in [0.29, 0.717) is 6.04 Å². The second-order valence-electron chi connectivity index (χ2n) is 10.2. The average molecular weight is 606 g/mol. The molecule has 39 heavy (non-hydrogen) atoms. The van der Waals surface area contributed by atoms with Gasteiger partial charge in [-0.15, -0.1) is 13.2 Å². The van der Waals surface area contributed by atoms with Gasteiger partial charge in [-0.3, -0.25) is 9.69 Å². The molecule has 1 aliphatic heterocycles. The Bertz CT molecular complexity index is 1210. The second kappa shape index (κ2) is 13.5. The van der Waals surface area contributed by atoms with Crippen molar-refractivity contribution in [3.63, 3.8) is 0 Å². The summed E-state index contributed by atoms with van der Waals surface area (Å²) in [6.45, 7) is 10.1. The Labute approximate surface area is 237 Å². The number of ether oxygens (including phenoxy) is 1. The summed E-state index contributed by atoms with van der Waals surface area (Å²) in [6.07, 6.45) is -1.37. The van der Waals surface area contributed by atoms with Crippen LogP contribution in [0.25, 0.3) is 0 Å². The van der Waals surface area contributed by atoms with Gasteiger partial charge < -0.3 is 10.1 Å². The molecule has 0 aliphatic carbocycles. The van der Waals surface area contributed by atoms with E-state index in [1.54, 1.807) is 26.0 Å². The largest absolute Gasteiger partial charge is 0.573 e. The average Bonchev–Trinajstić information content (AvgIpc) is 2.87. The van der Waals surface area contributed by atoms with Gasteiger partial charge in [0.2, 0.25) is 0 Å². The highest BCUT2D eigenvalue weighted by molar-refractivity contribution is 9.10. The highest BCUT2D eigenvalue weighted by Gasteiger charge is 2.33. The van der Waals surface area contributed by atoms with Crippen LogP contribution in [-0.2, 0) is 0 Å². The third-order valence-corrected chi connectivity index (χ3v) is 7.46. The topological polar surface area (TPSA) is 41.6 Å². The molecule has 1 unspecified atom stereocenters. The maximum absolute atomic E-state index is 12.0. The number of alkyl halides is 3. The third-order valence-electron chi connectivity index (χ3n) is 6.97. The Balaban J connectivity index is 0.000000293. The Morgan fingerprint density at radius 3 is 2.21 bits per heavy atom. The number of carbonyl (C=O) groups excluding carboxylic acids is 1. The van der Waals surface area contributed by atoms with E-state index in [1.165, 1.54) is 17.7 Å². The summed E-state index contributed by atoms with van der Waals surface area (Å²) in [5.74, 6) is -0.0886. The first-order valence-electron chi connectivity index (χ1n) is 13.1. The molecule has 3 aromatic rings. The fraction of sp³-hybridized carbons (Fsp3) is 0.387. The summed E-state index contributed by atoms with van der Waals surface area (Å²) >= 11 is 3.53. The fourth-order valence-corrected chi connectivity index (χ4v) is 5.19. The van der Waals surface area contributed by atoms with E-state index >= 15 is 0 Å². The highest BCUT2D eigenvalue weighted by atomic mass is 79.9. The van der Waals surface area contributed by atoms with Gasteiger partial charge in [0.1, 0.15) is 5.75 Å². The highest BCUT2D eigenvalue weighted by Crippen LogP contribution is 2.34. The van der Waals surface area contributed by atoms with Crippen molar-refractivity contribution in [3.8, 4) is 5.75 Å². The fourth-order valence-electron chi connectivity index (χ4n) is 4.83. The van der Waals surface area contributed by atoms with Crippen LogP contribution in [0.4, 0.5) is 18.9 Å². The number of carbonyl (C=O) groups is 1. The number of aryl methyl sites for hydroxylation is 1. The number of Topliss-reactive ketones (excluding diaryl/α,β-unsaturated/α-hetero) is 1. The molecule has 4 nitrogen and oxygen atoms in total. The summed E-state index contributed by atoms with van der Waals surface area (Å²) in [5.41, 5.74) is 3.99. The number of ketones is 1. The first-order valence-corrected chi connectivity index (χ1v) is 13.9. The van der Waals surface area contributed by atoms with Crippen molar-refractivity contribution in [2.45, 2.75) is 64.9 Å². The lowest BCUT2D eigenvalue weighted by Crippen LogP contribution is -2.48. The number of nitrogens with one attached hydrogen (secondary N) is 1. The van der Waals surface area contributed by atoms with Crippen LogP contribution < -0.4 is 10.1 Å². The number of halogens is 4. The lowest BCUT2D eigenvalue weighted by atomic mass is 9.87. The van der Waals surface area contributed by atoms with E-state index in [1.807, 2.05) is 18.2 Å². The van der Waals surface area contributed by atoms with Gasteiger partial charge in [0.15, 0.2) is 5.78 Å². The molecule has 4 rings (SSSR count). The van der Waals surface area contributed by atoms with Gasteiger partial charge in [-0.1, -0.05) is 70.9 Å². The Kier molecular flexibility index (Phi) is 10.6. The van der Waals surface area contributed by atoms with Gasteiger partial charge >= 0.3 is 6.36 Å². The van der Waals surface area contributed by atoms with Crippen molar-refractivity contribution in [1.29, 1.82) is 0 Å². The number of piperidine rings is 1. The molecule has 0 amide bonds. The molecule has 210 valence electrons. The van der Waals surface area contributed by atoms with Crippen molar-refractivity contribution in [2.24, 2.45) is 0 Å². The molecule has 0 bridgehead atoms. The predicted octanol–water partition coefficient (Wildman–Crippen LogP) is 8.96. The number of anilines is 1. The molecule has 1 heterocycles. The Hall–Kier alpha value is -2.84. The van der Waals surface area contributed by atoms with Crippen LogP contribution in [0.1, 0.15) is 67.6 Å². The number of likely N-dealkylation sites (tertiary alicyclic amines) is 1. The molecule has 1 N–H and O–H groups in total. The SMILES string of the molecule is CCC(c1ccccc1)N1CCC(C)(Nc2cc(Br)ccc2C(C)=O)CC1.Cc1ccc(OC(F)(F)F)cc1. The van der Waals surface area contributed by atoms with Crippen LogP contribution >= 0.6 is 15.9 Å². The van der Waals surface area contributed by atoms with Gasteiger partial charge in [-0.25, -0.2) is 0 Å². The molecule has 0 saturated carbocycles. The van der Waals surface area contributed by atoms with Crippen molar-refractivity contribution >= 4 is 27.4 Å². The van der Waals surface area contributed by atoms with E-state index < -0.39 is 6.36 Å². The van der Waals surface area contributed by atoms with Gasteiger partial charge in [0.25, 0.3) is 0 Å². The maximum Gasteiger partial charge on any atom is 0.573 e. The zero-order valence-electron chi connectivity index (χ0n) is 22.8. The molecular formula is C31H36BrF3N2O2. The first-order chi connectivity index (χ1) is 18.4. The molecule has 3 aromatic carbocycles. The minimum absolute atomic E-state index is 0.00350. The number of benzene rings is 3. The van der Waals surface area contributed by atoms with Crippen molar-refractivity contribution in [1.82, 2.24) is 4.90 Å². The van der Waals surface area contributed by atoms with Crippen LogP contribution in [0.2, 0.25) is 0 Å². The zero-order valence-corrected chi connectivity index (χ0v) is 24.4. The molecule has 0 spiro atoms. The Morgan fingerprint density at radius 1 is 1.05 bits per heavy atom. The van der Waals surface area contributed by atoms with Crippen LogP contribution in [0.15, 0.2) is 77.3 Å². The van der Waals surface area contributed by atoms with Crippen molar-refractivity contribution in [2.75, 3.05) is 18.4 Å². The van der Waals surface area contributed by atoms with E-state index in [9.17, 15) is 18.0 Å². The molecule has 1 fully saturated rings. The molecule has 1 aliphatic rings. The van der Waals surface area contributed by atoms with Crippen LogP contribution in [-0.4, -0.2) is 35.7 Å². The van der Waals surface area contributed by atoms with Crippen LogP contribution in [0.5, 0.6) is 5.75 Å². The summed E-state index contributed by atoms with van der Waals surface area (Å²) in [6, 6.07) is 22.8. The van der Waals surface area contributed by atoms with E-state index in [4.69, 9.17) is 0 Å². The summed E-state index contributed by atoms with van der Waals surface area (Å²) in [7, 11) is 0. The smallest absolute Gasteiger partial charge is 0.406 e. The zero-order chi connectivity index (χ0) is 28.6. The molecule has 1 atom stereocenters. The summed E-state index contributed by atoms with van der Waals surface area (Å²) in [5, 5.41) is 3.69. The summed E-state index contributed by atoms with van der Waals surface area (Å²) < 4.78 is 39.5. The number of hydrogen-bond donors (Lipinski definition) is 1. The quantitative estimate of drug-likeness (QED) is 0.273. The van der Waals surface area contributed by atoms with Crippen LogP contribution in [0.3, 0.4) is 0 Å². The van der Waals surface area contributed by atoms with Gasteiger partial charge in [-0.2, -0.15) is 0 Å². The second-order valence-corrected chi connectivity index (χ2v) is 11.1. The van der Waals surface area contributed by atoms with E-state index in [-0.39, 0.29) is 17.1 Å². The standard InChI is InChI=1S/C23H29BrN2O.C8H7F3O/c1-4-22(18-8-6-5-7-9-18)26-14-12-23(3,13-15-26)25-21-16-19(24)10-11-20(21)17(2)27;1-6-2-4-7(5-3-6)12-8(9,10)11/h5-11,16,22,25H,4,12-15H2,1-3H3;2-5H,1H3. The van der Waals surface area contributed by atoms with Crippen molar-refractivity contribution in [3.05, 3.63) is 94.0 Å². The molecule has 1 saturated heterocycles. The maximum atomic E-state index is 12.0. The van der Waals surface area contributed by atoms with Gasteiger partial charge in [0.05, 0.1) is 0 Å². The summed E-state index contributed by atoms with van der Waals surface area (Å²) in [4.78, 5) is 14.6. The van der Waals surface area contributed by atoms with Gasteiger partial charge in [-0.05, 0) is 75.9 Å². The molecule has 0 radical (unpaired) electrons. The van der Waals surface area contributed by atoms with Crippen LogP contribution in [0, 0.1) is 6.92 Å². The number of rotatable bonds is 7. The molecular weight excluding hydrogens is 569 g/mol. The minimum Gasteiger partial charge on any atom is -0.406 e. The molecule has 0 aromatic heterocycles. The third kappa shape index (κ3) is 9.39. The van der Waals surface area contributed by atoms with E-state index in [2.05, 4.69) is 75.1 Å². The first kappa shape index (κ1) is 30.7. The number of nitrogens with zero attached hydrogens (tertiary/aromatic N) is 1. The predicted molar refractivity (Wildman–Crippen MR) is 154 cm³/mol. The van der Waals surface area contributed by atoms with E-state index in [0.717, 1.165) is 53.6 Å². The van der Waals surface area contributed by atoms with Crippen molar-refractivity contribution < 1.29 is 22.7 Å². The Morgan fingerprint density at radius 2 is 1.67 bits per heavy atom.